The first-order valence-electron chi connectivity index (χ1n) is 12.0. The minimum absolute atomic E-state index is 0.0000498. The molecule has 2 atom stereocenters. The quantitative estimate of drug-likeness (QED) is 0.463. The molecule has 0 amide bonds. The molecule has 0 saturated carbocycles. The van der Waals surface area contributed by atoms with E-state index in [1.54, 1.807) is 12.1 Å². The van der Waals surface area contributed by atoms with Crippen LogP contribution < -0.4 is 10.6 Å². The van der Waals surface area contributed by atoms with Crippen LogP contribution in [0.15, 0.2) is 36.8 Å². The summed E-state index contributed by atoms with van der Waals surface area (Å²) in [5.41, 5.74) is 8.72. The van der Waals surface area contributed by atoms with E-state index in [1.165, 1.54) is 12.4 Å². The Bertz CT molecular complexity index is 1020. The van der Waals surface area contributed by atoms with E-state index < -0.39 is 11.7 Å². The fraction of sp³-hybridized carbons (Fsp3) is 0.556. The Hall–Kier alpha value is -2.57. The van der Waals surface area contributed by atoms with Crippen molar-refractivity contribution >= 4 is 5.82 Å². The van der Waals surface area contributed by atoms with Gasteiger partial charge >= 0.3 is 0 Å². The van der Waals surface area contributed by atoms with E-state index >= 15 is 4.39 Å². The van der Waals surface area contributed by atoms with E-state index in [0.717, 1.165) is 37.3 Å². The van der Waals surface area contributed by atoms with Gasteiger partial charge in [-0.15, -0.1) is 0 Å². The molecule has 0 aliphatic carbocycles. The molecule has 1 unspecified atom stereocenters. The molecule has 34 heavy (non-hydrogen) atoms. The van der Waals surface area contributed by atoms with Gasteiger partial charge in [0.25, 0.3) is 5.92 Å². The Kier molecular flexibility index (Phi) is 7.63. The average molecular weight is 475 g/mol. The van der Waals surface area contributed by atoms with E-state index in [4.69, 9.17) is 5.73 Å². The smallest absolute Gasteiger partial charge is 0.270 e. The van der Waals surface area contributed by atoms with E-state index in [2.05, 4.69) is 37.3 Å². The Morgan fingerprint density at radius 2 is 1.94 bits per heavy atom. The maximum atomic E-state index is 15.7. The van der Waals surface area contributed by atoms with Gasteiger partial charge in [-0.2, -0.15) is 0 Å². The van der Waals surface area contributed by atoms with Gasteiger partial charge in [-0.25, -0.2) is 23.1 Å². The third kappa shape index (κ3) is 5.91. The van der Waals surface area contributed by atoms with Crippen molar-refractivity contribution in [1.29, 1.82) is 0 Å². The lowest BCUT2D eigenvalue weighted by Gasteiger charge is -2.29. The fourth-order valence-corrected chi connectivity index (χ4v) is 4.90. The zero-order chi connectivity index (χ0) is 25.3. The predicted octanol–water partition coefficient (Wildman–Crippen LogP) is 6.70. The number of aromatic nitrogens is 2. The molecule has 4 nitrogen and oxygen atoms in total. The highest BCUT2D eigenvalue weighted by molar-refractivity contribution is 5.48. The van der Waals surface area contributed by atoms with Gasteiger partial charge in [0.1, 0.15) is 6.33 Å². The van der Waals surface area contributed by atoms with Crippen molar-refractivity contribution in [3.8, 4) is 0 Å². The number of hydrogen-bond acceptors (Lipinski definition) is 4. The number of hydrogen-bond donors (Lipinski definition) is 1. The lowest BCUT2D eigenvalue weighted by atomic mass is 9.81. The van der Waals surface area contributed by atoms with Crippen LogP contribution in [-0.2, 0) is 18.8 Å². The minimum Gasteiger partial charge on any atom is -0.402 e. The number of halogens is 3. The van der Waals surface area contributed by atoms with Gasteiger partial charge in [-0.3, -0.25) is 0 Å². The number of alkyl halides is 2. The van der Waals surface area contributed by atoms with Crippen molar-refractivity contribution in [2.45, 2.75) is 78.7 Å². The summed E-state index contributed by atoms with van der Waals surface area (Å²) in [7, 11) is 0. The largest absolute Gasteiger partial charge is 0.402 e. The normalized spacial score (nSPS) is 17.8. The molecular formula is C27H37F3N4. The molecule has 7 heteroatoms. The van der Waals surface area contributed by atoms with E-state index in [0.29, 0.717) is 30.8 Å². The second-order valence-electron chi connectivity index (χ2n) is 10.7. The zero-order valence-corrected chi connectivity index (χ0v) is 21.0. The molecule has 3 rings (SSSR count). The summed E-state index contributed by atoms with van der Waals surface area (Å²) in [6.45, 7) is 13.8. The molecule has 0 radical (unpaired) electrons. The first kappa shape index (κ1) is 26.0. The summed E-state index contributed by atoms with van der Waals surface area (Å²) in [4.78, 5) is 10.5. The molecule has 1 aromatic carbocycles. The van der Waals surface area contributed by atoms with Crippen LogP contribution in [0, 0.1) is 17.2 Å². The highest BCUT2D eigenvalue weighted by Gasteiger charge is 2.33. The number of anilines is 1. The van der Waals surface area contributed by atoms with Crippen molar-refractivity contribution in [3.63, 3.8) is 0 Å². The van der Waals surface area contributed by atoms with Gasteiger partial charge in [-0.1, -0.05) is 46.4 Å². The Labute approximate surface area is 201 Å². The van der Waals surface area contributed by atoms with Crippen LogP contribution in [0.2, 0.25) is 0 Å². The third-order valence-electron chi connectivity index (χ3n) is 6.58. The van der Waals surface area contributed by atoms with Crippen LogP contribution in [-0.4, -0.2) is 16.5 Å². The maximum Gasteiger partial charge on any atom is 0.270 e. The maximum absolute atomic E-state index is 15.7. The molecule has 0 bridgehead atoms. The van der Waals surface area contributed by atoms with Crippen molar-refractivity contribution in [1.82, 2.24) is 9.97 Å². The minimum atomic E-state index is -2.90. The van der Waals surface area contributed by atoms with Crippen LogP contribution >= 0.6 is 0 Å². The fourth-order valence-electron chi connectivity index (χ4n) is 4.90. The number of benzene rings is 1. The van der Waals surface area contributed by atoms with Gasteiger partial charge in [0.05, 0.1) is 11.7 Å². The molecule has 1 fully saturated rings. The van der Waals surface area contributed by atoms with Crippen LogP contribution in [0.25, 0.3) is 0 Å². The molecule has 2 aromatic rings. The van der Waals surface area contributed by atoms with Crippen molar-refractivity contribution in [3.05, 3.63) is 65.0 Å². The molecule has 2 N–H and O–H groups in total. The Morgan fingerprint density at radius 1 is 1.24 bits per heavy atom. The summed E-state index contributed by atoms with van der Waals surface area (Å²) in [5.74, 6) is -3.18. The Balaban J connectivity index is 1.94. The first-order chi connectivity index (χ1) is 15.8. The zero-order valence-electron chi connectivity index (χ0n) is 21.0. The summed E-state index contributed by atoms with van der Waals surface area (Å²) < 4.78 is 43.5. The van der Waals surface area contributed by atoms with Gasteiger partial charge in [-0.05, 0) is 48.3 Å². The number of nitrogens with zero attached hydrogens (tertiary/aromatic N) is 3. The molecule has 1 aromatic heterocycles. The first-order valence-corrected chi connectivity index (χ1v) is 12.0. The van der Waals surface area contributed by atoms with E-state index in [1.807, 2.05) is 11.8 Å². The van der Waals surface area contributed by atoms with Crippen LogP contribution in [0.3, 0.4) is 0 Å². The molecule has 2 heterocycles. The van der Waals surface area contributed by atoms with E-state index in [9.17, 15) is 8.78 Å². The molecule has 1 aliphatic rings. The van der Waals surface area contributed by atoms with Gasteiger partial charge < -0.3 is 10.6 Å². The highest BCUT2D eigenvalue weighted by Crippen LogP contribution is 2.40. The van der Waals surface area contributed by atoms with Gasteiger partial charge in [0.15, 0.2) is 11.6 Å². The summed E-state index contributed by atoms with van der Waals surface area (Å²) in [6, 6.07) is 4.71. The molecule has 186 valence electrons. The molecular weight excluding hydrogens is 437 g/mol. The molecule has 0 spiro atoms. The summed E-state index contributed by atoms with van der Waals surface area (Å²) in [6.07, 6.45) is 4.81. The third-order valence-corrected chi connectivity index (χ3v) is 6.58. The number of allylic oxidation sites excluding steroid dienone is 1. The molecule has 1 saturated heterocycles. The second-order valence-corrected chi connectivity index (χ2v) is 10.7. The number of nitrogens with two attached hydrogens (primary N) is 1. The lowest BCUT2D eigenvalue weighted by Crippen LogP contribution is -2.27. The van der Waals surface area contributed by atoms with Crippen LogP contribution in [0.4, 0.5) is 19.0 Å². The standard InChI is InChI=1S/C27H37F3N4/c1-7-18-13-20(27(6,29)30)10-11-21(18)23-9-8-12-34(23)25-24(28)22(32-16-33-25)14-19(17(2)31)15-26(3,4)5/h10-11,13,16,19,23H,2,7-9,12,14-15,31H2,1,3-6H3/t19-,23?/m1/s1. The summed E-state index contributed by atoms with van der Waals surface area (Å²) in [5, 5.41) is 0. The van der Waals surface area contributed by atoms with Crippen molar-refractivity contribution in [2.75, 3.05) is 11.4 Å². The number of aryl methyl sites for hydroxylation is 1. The van der Waals surface area contributed by atoms with E-state index in [-0.39, 0.29) is 28.8 Å². The monoisotopic (exact) mass is 474 g/mol. The SMILES string of the molecule is C=C(N)[C@H](Cc1ncnc(N2CCCC2c2ccc(C(C)(F)F)cc2CC)c1F)CC(C)(C)C. The topological polar surface area (TPSA) is 55.0 Å². The van der Waals surface area contributed by atoms with Gasteiger partial charge in [0.2, 0.25) is 0 Å². The van der Waals surface area contributed by atoms with Gasteiger partial charge in [0, 0.05) is 37.1 Å². The van der Waals surface area contributed by atoms with Crippen molar-refractivity contribution < 1.29 is 13.2 Å². The van der Waals surface area contributed by atoms with Crippen LogP contribution in [0.5, 0.6) is 0 Å². The van der Waals surface area contributed by atoms with Crippen molar-refractivity contribution in [2.24, 2.45) is 17.1 Å². The Morgan fingerprint density at radius 3 is 2.53 bits per heavy atom. The molecule has 1 aliphatic heterocycles. The highest BCUT2D eigenvalue weighted by atomic mass is 19.3. The lowest BCUT2D eigenvalue weighted by molar-refractivity contribution is 0.0174. The summed E-state index contributed by atoms with van der Waals surface area (Å²) >= 11 is 0. The van der Waals surface area contributed by atoms with Crippen LogP contribution in [0.1, 0.15) is 82.3 Å². The second kappa shape index (κ2) is 9.96. The average Bonchev–Trinajstić information content (AvgIpc) is 3.21. The number of rotatable bonds is 8. The predicted molar refractivity (Wildman–Crippen MR) is 131 cm³/mol.